The smallest absolute Gasteiger partial charge is 0.128 e. The van der Waals surface area contributed by atoms with Crippen LogP contribution in [0.15, 0.2) is 18.3 Å². The van der Waals surface area contributed by atoms with Gasteiger partial charge >= 0.3 is 0 Å². The van der Waals surface area contributed by atoms with Crippen LogP contribution < -0.4 is 4.90 Å². The quantitative estimate of drug-likeness (QED) is 0.795. The second-order valence-corrected chi connectivity index (χ2v) is 5.20. The molecule has 0 bridgehead atoms. The van der Waals surface area contributed by atoms with Gasteiger partial charge in [-0.2, -0.15) is 0 Å². The van der Waals surface area contributed by atoms with Gasteiger partial charge in [0, 0.05) is 25.8 Å². The molecule has 0 aromatic carbocycles. The predicted octanol–water partition coefficient (Wildman–Crippen LogP) is 2.28. The van der Waals surface area contributed by atoms with Crippen molar-refractivity contribution in [2.24, 2.45) is 0 Å². The normalized spacial score (nSPS) is 21.3. The van der Waals surface area contributed by atoms with Crippen LogP contribution >= 0.6 is 0 Å². The van der Waals surface area contributed by atoms with Gasteiger partial charge in [0.2, 0.25) is 0 Å². The Morgan fingerprint density at radius 1 is 0.941 bits per heavy atom. The van der Waals surface area contributed by atoms with Crippen molar-refractivity contribution < 1.29 is 0 Å². The Kier molecular flexibility index (Phi) is 3.27. The fraction of sp³-hybridized carbons (Fsp3) is 0.643. The molecule has 3 heteroatoms. The minimum atomic E-state index is 1.08. The summed E-state index contributed by atoms with van der Waals surface area (Å²) in [5, 5.41) is 0. The Balaban J connectivity index is 1.62. The van der Waals surface area contributed by atoms with Crippen LogP contribution in [0.2, 0.25) is 0 Å². The zero-order chi connectivity index (χ0) is 11.5. The Hall–Kier alpha value is -1.09. The maximum atomic E-state index is 4.60. The molecule has 3 heterocycles. The van der Waals surface area contributed by atoms with Crippen LogP contribution in [0.1, 0.15) is 31.2 Å². The molecule has 1 aromatic heterocycles. The van der Waals surface area contributed by atoms with E-state index in [1.807, 2.05) is 0 Å². The van der Waals surface area contributed by atoms with Crippen molar-refractivity contribution in [3.05, 3.63) is 23.9 Å². The molecule has 2 saturated heterocycles. The molecule has 92 valence electrons. The standard InChI is InChI=1S/C14H21N3/c1-2-8-16(7-1)12-13-5-6-14(15-11-13)17-9-3-4-10-17/h5-6,11H,1-4,7-10,12H2. The molecule has 3 rings (SSSR count). The Morgan fingerprint density at radius 3 is 2.29 bits per heavy atom. The van der Waals surface area contributed by atoms with E-state index in [9.17, 15) is 0 Å². The summed E-state index contributed by atoms with van der Waals surface area (Å²) in [7, 11) is 0. The lowest BCUT2D eigenvalue weighted by Crippen LogP contribution is -2.20. The zero-order valence-corrected chi connectivity index (χ0v) is 10.4. The van der Waals surface area contributed by atoms with Crippen molar-refractivity contribution in [3.63, 3.8) is 0 Å². The summed E-state index contributed by atoms with van der Waals surface area (Å²) in [4.78, 5) is 9.51. The van der Waals surface area contributed by atoms with Gasteiger partial charge in [0.1, 0.15) is 5.82 Å². The summed E-state index contributed by atoms with van der Waals surface area (Å²) >= 11 is 0. The van der Waals surface area contributed by atoms with Crippen LogP contribution in [-0.4, -0.2) is 36.1 Å². The molecule has 17 heavy (non-hydrogen) atoms. The van der Waals surface area contributed by atoms with E-state index in [0.717, 1.165) is 12.4 Å². The molecular weight excluding hydrogens is 210 g/mol. The van der Waals surface area contributed by atoms with Crippen molar-refractivity contribution in [2.75, 3.05) is 31.1 Å². The van der Waals surface area contributed by atoms with Crippen LogP contribution in [0.25, 0.3) is 0 Å². The minimum absolute atomic E-state index is 1.08. The first-order valence-corrected chi connectivity index (χ1v) is 6.84. The van der Waals surface area contributed by atoms with E-state index in [1.54, 1.807) is 0 Å². The monoisotopic (exact) mass is 231 g/mol. The third-order valence-electron chi connectivity index (χ3n) is 3.84. The number of anilines is 1. The fourth-order valence-corrected chi connectivity index (χ4v) is 2.84. The summed E-state index contributed by atoms with van der Waals surface area (Å²) in [6.45, 7) is 5.95. The third kappa shape index (κ3) is 2.60. The third-order valence-corrected chi connectivity index (χ3v) is 3.84. The van der Waals surface area contributed by atoms with Crippen molar-refractivity contribution in [2.45, 2.75) is 32.2 Å². The summed E-state index contributed by atoms with van der Waals surface area (Å²) < 4.78 is 0. The number of nitrogens with zero attached hydrogens (tertiary/aromatic N) is 3. The molecule has 3 nitrogen and oxygen atoms in total. The number of hydrogen-bond donors (Lipinski definition) is 0. The van der Waals surface area contributed by atoms with Gasteiger partial charge in [-0.15, -0.1) is 0 Å². The van der Waals surface area contributed by atoms with Crippen LogP contribution in [0, 0.1) is 0 Å². The number of rotatable bonds is 3. The second-order valence-electron chi connectivity index (χ2n) is 5.20. The van der Waals surface area contributed by atoms with Gasteiger partial charge in [-0.25, -0.2) is 4.98 Å². The molecule has 2 fully saturated rings. The molecule has 0 amide bonds. The number of likely N-dealkylation sites (tertiary alicyclic amines) is 1. The Labute approximate surface area is 103 Å². The van der Waals surface area contributed by atoms with Crippen molar-refractivity contribution in [1.82, 2.24) is 9.88 Å². The van der Waals surface area contributed by atoms with Gasteiger partial charge in [-0.3, -0.25) is 4.90 Å². The van der Waals surface area contributed by atoms with Gasteiger partial charge in [-0.05, 0) is 50.4 Å². The first-order valence-electron chi connectivity index (χ1n) is 6.84. The molecule has 0 unspecified atom stereocenters. The average molecular weight is 231 g/mol. The molecule has 2 aliphatic rings. The van der Waals surface area contributed by atoms with Crippen molar-refractivity contribution >= 4 is 5.82 Å². The Morgan fingerprint density at radius 2 is 1.65 bits per heavy atom. The van der Waals surface area contributed by atoms with E-state index in [1.165, 1.54) is 57.4 Å². The second kappa shape index (κ2) is 5.05. The van der Waals surface area contributed by atoms with Gasteiger partial charge in [0.15, 0.2) is 0 Å². The van der Waals surface area contributed by atoms with E-state index in [2.05, 4.69) is 33.1 Å². The average Bonchev–Trinajstić information content (AvgIpc) is 3.01. The van der Waals surface area contributed by atoms with E-state index in [-0.39, 0.29) is 0 Å². The lowest BCUT2D eigenvalue weighted by atomic mass is 10.2. The zero-order valence-electron chi connectivity index (χ0n) is 10.4. The summed E-state index contributed by atoms with van der Waals surface area (Å²) in [5.41, 5.74) is 1.36. The fourth-order valence-electron chi connectivity index (χ4n) is 2.84. The molecule has 0 saturated carbocycles. The van der Waals surface area contributed by atoms with Crippen molar-refractivity contribution in [3.8, 4) is 0 Å². The largest absolute Gasteiger partial charge is 0.357 e. The van der Waals surface area contributed by atoms with Crippen LogP contribution in [0.4, 0.5) is 5.82 Å². The van der Waals surface area contributed by atoms with E-state index >= 15 is 0 Å². The summed E-state index contributed by atoms with van der Waals surface area (Å²) in [6, 6.07) is 4.44. The van der Waals surface area contributed by atoms with E-state index in [0.29, 0.717) is 0 Å². The first kappa shape index (κ1) is 11.0. The lowest BCUT2D eigenvalue weighted by molar-refractivity contribution is 0.331. The molecule has 2 aliphatic heterocycles. The van der Waals surface area contributed by atoms with E-state index in [4.69, 9.17) is 0 Å². The van der Waals surface area contributed by atoms with Crippen molar-refractivity contribution in [1.29, 1.82) is 0 Å². The molecular formula is C14H21N3. The number of hydrogen-bond acceptors (Lipinski definition) is 3. The summed E-state index contributed by atoms with van der Waals surface area (Å²) in [6.07, 6.45) is 7.42. The summed E-state index contributed by atoms with van der Waals surface area (Å²) in [5.74, 6) is 1.16. The van der Waals surface area contributed by atoms with Crippen LogP contribution in [0.5, 0.6) is 0 Å². The highest BCUT2D eigenvalue weighted by Gasteiger charge is 2.14. The highest BCUT2D eigenvalue weighted by atomic mass is 15.2. The molecule has 0 radical (unpaired) electrons. The SMILES string of the molecule is c1cc(N2CCCC2)ncc1CN1CCCC1. The molecule has 0 aliphatic carbocycles. The lowest BCUT2D eigenvalue weighted by Gasteiger charge is -2.18. The van der Waals surface area contributed by atoms with Gasteiger partial charge in [0.05, 0.1) is 0 Å². The highest BCUT2D eigenvalue weighted by Crippen LogP contribution is 2.18. The highest BCUT2D eigenvalue weighted by molar-refractivity contribution is 5.40. The van der Waals surface area contributed by atoms with Gasteiger partial charge in [0.25, 0.3) is 0 Å². The molecule has 0 N–H and O–H groups in total. The molecule has 0 spiro atoms. The topological polar surface area (TPSA) is 19.4 Å². The molecule has 1 aromatic rings. The Bertz CT molecular complexity index is 348. The maximum absolute atomic E-state index is 4.60. The van der Waals surface area contributed by atoms with Crippen LogP contribution in [0.3, 0.4) is 0 Å². The number of pyridine rings is 1. The van der Waals surface area contributed by atoms with Gasteiger partial charge in [-0.1, -0.05) is 6.07 Å². The van der Waals surface area contributed by atoms with Crippen LogP contribution in [-0.2, 0) is 6.54 Å². The number of aromatic nitrogens is 1. The van der Waals surface area contributed by atoms with E-state index < -0.39 is 0 Å². The predicted molar refractivity (Wildman–Crippen MR) is 70.2 cm³/mol. The molecule has 0 atom stereocenters. The van der Waals surface area contributed by atoms with Gasteiger partial charge < -0.3 is 4.90 Å². The minimum Gasteiger partial charge on any atom is -0.357 e. The first-order chi connectivity index (χ1) is 8.42. The maximum Gasteiger partial charge on any atom is 0.128 e.